The maximum atomic E-state index is 15.0. The third kappa shape index (κ3) is 5.23. The molecule has 0 radical (unpaired) electrons. The van der Waals surface area contributed by atoms with E-state index in [4.69, 9.17) is 9.15 Å². The molecular weight excluding hydrogens is 461 g/mol. The van der Waals surface area contributed by atoms with E-state index in [0.29, 0.717) is 24.3 Å². The van der Waals surface area contributed by atoms with E-state index in [1.807, 2.05) is 54.6 Å². The van der Waals surface area contributed by atoms with Crippen molar-refractivity contribution in [2.24, 2.45) is 0 Å². The first-order valence-electron chi connectivity index (χ1n) is 11.8. The Balaban J connectivity index is 1.19. The van der Waals surface area contributed by atoms with Gasteiger partial charge in [-0.2, -0.15) is 0 Å². The molecule has 1 aromatic heterocycles. The van der Waals surface area contributed by atoms with Crippen LogP contribution in [0.2, 0.25) is 0 Å². The summed E-state index contributed by atoms with van der Waals surface area (Å²) in [5.74, 6) is 0.243. The number of anilines is 1. The number of rotatable bonds is 8. The average Bonchev–Trinajstić information content (AvgIpc) is 3.46. The molecule has 1 fully saturated rings. The summed E-state index contributed by atoms with van der Waals surface area (Å²) in [5, 5.41) is 7.08. The predicted octanol–water partition coefficient (Wildman–Crippen LogP) is 4.99. The van der Waals surface area contributed by atoms with Gasteiger partial charge < -0.3 is 19.8 Å². The van der Waals surface area contributed by atoms with Gasteiger partial charge in [-0.1, -0.05) is 42.5 Å². The SMILES string of the molecule is CC(=O)NCC1CN(c2ccc(-c3ccc(CNCc4cc5ccccc5o4)cc3)c(F)c2)C(=O)O1. The molecule has 5 rings (SSSR count). The van der Waals surface area contributed by atoms with Crippen LogP contribution in [0.25, 0.3) is 22.1 Å². The van der Waals surface area contributed by atoms with Crippen LogP contribution in [0.5, 0.6) is 0 Å². The molecule has 1 aliphatic heterocycles. The third-order valence-corrected chi connectivity index (χ3v) is 6.09. The Labute approximate surface area is 207 Å². The van der Waals surface area contributed by atoms with Crippen LogP contribution in [0.4, 0.5) is 14.9 Å². The zero-order valence-corrected chi connectivity index (χ0v) is 19.8. The second kappa shape index (κ2) is 10.2. The first-order valence-corrected chi connectivity index (χ1v) is 11.8. The van der Waals surface area contributed by atoms with E-state index in [0.717, 1.165) is 27.9 Å². The molecule has 1 atom stereocenters. The van der Waals surface area contributed by atoms with Gasteiger partial charge in [-0.15, -0.1) is 0 Å². The minimum atomic E-state index is -0.558. The Kier molecular flexibility index (Phi) is 6.69. The van der Waals surface area contributed by atoms with E-state index < -0.39 is 18.0 Å². The highest BCUT2D eigenvalue weighted by molar-refractivity contribution is 5.90. The first kappa shape index (κ1) is 23.6. The Morgan fingerprint density at radius 2 is 1.86 bits per heavy atom. The van der Waals surface area contributed by atoms with Gasteiger partial charge in [-0.05, 0) is 41.5 Å². The van der Waals surface area contributed by atoms with E-state index >= 15 is 0 Å². The van der Waals surface area contributed by atoms with Crippen molar-refractivity contribution in [1.82, 2.24) is 10.6 Å². The Bertz CT molecular complexity index is 1370. The number of nitrogens with zero attached hydrogens (tertiary/aromatic N) is 1. The summed E-state index contributed by atoms with van der Waals surface area (Å²) in [7, 11) is 0. The highest BCUT2D eigenvalue weighted by atomic mass is 19.1. The quantitative estimate of drug-likeness (QED) is 0.366. The highest BCUT2D eigenvalue weighted by Crippen LogP contribution is 2.29. The van der Waals surface area contributed by atoms with Gasteiger partial charge in [0.15, 0.2) is 0 Å². The van der Waals surface area contributed by atoms with Crippen molar-refractivity contribution in [3.05, 3.63) is 89.9 Å². The van der Waals surface area contributed by atoms with Crippen molar-refractivity contribution in [2.75, 3.05) is 18.0 Å². The number of furan rings is 1. The van der Waals surface area contributed by atoms with Crippen molar-refractivity contribution in [3.8, 4) is 11.1 Å². The lowest BCUT2D eigenvalue weighted by Crippen LogP contribution is -2.33. The maximum absolute atomic E-state index is 15.0. The third-order valence-electron chi connectivity index (χ3n) is 6.09. The molecule has 36 heavy (non-hydrogen) atoms. The number of ether oxygens (including phenoxy) is 1. The average molecular weight is 488 g/mol. The fraction of sp³-hybridized carbons (Fsp3) is 0.214. The number of hydrogen-bond donors (Lipinski definition) is 2. The molecule has 2 N–H and O–H groups in total. The van der Waals surface area contributed by atoms with E-state index in [-0.39, 0.29) is 19.0 Å². The van der Waals surface area contributed by atoms with Crippen LogP contribution < -0.4 is 15.5 Å². The number of benzene rings is 3. The largest absolute Gasteiger partial charge is 0.460 e. The second-order valence-corrected chi connectivity index (χ2v) is 8.77. The zero-order chi connectivity index (χ0) is 25.1. The number of carbonyl (C=O) groups is 2. The number of hydrogen-bond acceptors (Lipinski definition) is 5. The monoisotopic (exact) mass is 487 g/mol. The molecule has 1 aliphatic rings. The van der Waals surface area contributed by atoms with Gasteiger partial charge in [0.2, 0.25) is 5.91 Å². The van der Waals surface area contributed by atoms with Crippen molar-refractivity contribution in [2.45, 2.75) is 26.1 Å². The van der Waals surface area contributed by atoms with Crippen LogP contribution in [-0.4, -0.2) is 31.2 Å². The minimum Gasteiger partial charge on any atom is -0.460 e. The van der Waals surface area contributed by atoms with Crippen LogP contribution in [0, 0.1) is 5.82 Å². The van der Waals surface area contributed by atoms with Gasteiger partial charge in [0.25, 0.3) is 0 Å². The summed E-state index contributed by atoms with van der Waals surface area (Å²) < 4.78 is 26.1. The van der Waals surface area contributed by atoms with Crippen molar-refractivity contribution in [3.63, 3.8) is 0 Å². The molecule has 8 heteroatoms. The fourth-order valence-electron chi connectivity index (χ4n) is 4.26. The first-order chi connectivity index (χ1) is 17.5. The Morgan fingerprint density at radius 3 is 2.61 bits per heavy atom. The van der Waals surface area contributed by atoms with Gasteiger partial charge in [-0.25, -0.2) is 9.18 Å². The summed E-state index contributed by atoms with van der Waals surface area (Å²) in [4.78, 5) is 24.7. The molecule has 184 valence electrons. The zero-order valence-electron chi connectivity index (χ0n) is 19.8. The summed E-state index contributed by atoms with van der Waals surface area (Å²) in [6.07, 6.45) is -1.03. The molecule has 2 amide bonds. The van der Waals surface area contributed by atoms with E-state index in [2.05, 4.69) is 10.6 Å². The number of amides is 2. The smallest absolute Gasteiger partial charge is 0.414 e. The molecule has 1 saturated heterocycles. The lowest BCUT2D eigenvalue weighted by molar-refractivity contribution is -0.119. The minimum absolute atomic E-state index is 0.201. The lowest BCUT2D eigenvalue weighted by Gasteiger charge is -2.15. The maximum Gasteiger partial charge on any atom is 0.414 e. The fourth-order valence-corrected chi connectivity index (χ4v) is 4.26. The van der Waals surface area contributed by atoms with Gasteiger partial charge in [0.05, 0.1) is 25.3 Å². The standard InChI is InChI=1S/C28H26FN3O4/c1-18(33)31-16-24-17-32(28(34)36-24)22-10-11-25(26(29)13-22)20-8-6-19(7-9-20)14-30-15-23-12-21-4-2-3-5-27(21)35-23/h2-13,24,30H,14-17H2,1H3,(H,31,33). The van der Waals surface area contributed by atoms with Crippen LogP contribution in [0.1, 0.15) is 18.2 Å². The molecule has 0 spiro atoms. The van der Waals surface area contributed by atoms with E-state index in [1.165, 1.54) is 17.9 Å². The van der Waals surface area contributed by atoms with Crippen LogP contribution in [-0.2, 0) is 22.6 Å². The molecule has 7 nitrogen and oxygen atoms in total. The van der Waals surface area contributed by atoms with E-state index in [1.54, 1.807) is 12.1 Å². The molecule has 3 aromatic carbocycles. The second-order valence-electron chi connectivity index (χ2n) is 8.77. The molecule has 0 aliphatic carbocycles. The Hall–Kier alpha value is -4.17. The molecule has 0 saturated carbocycles. The number of carbonyl (C=O) groups excluding carboxylic acids is 2. The molecule has 4 aromatic rings. The van der Waals surface area contributed by atoms with Crippen LogP contribution >= 0.6 is 0 Å². The summed E-state index contributed by atoms with van der Waals surface area (Å²) in [6, 6.07) is 22.3. The molecular formula is C28H26FN3O4. The summed E-state index contributed by atoms with van der Waals surface area (Å²) >= 11 is 0. The molecule has 0 bridgehead atoms. The normalized spacial score (nSPS) is 15.3. The number of nitrogens with one attached hydrogen (secondary N) is 2. The van der Waals surface area contributed by atoms with Crippen molar-refractivity contribution >= 4 is 28.7 Å². The van der Waals surface area contributed by atoms with Gasteiger partial charge in [0, 0.05) is 24.4 Å². The molecule has 1 unspecified atom stereocenters. The van der Waals surface area contributed by atoms with E-state index in [9.17, 15) is 14.0 Å². The summed E-state index contributed by atoms with van der Waals surface area (Å²) in [5.41, 5.74) is 3.54. The van der Waals surface area contributed by atoms with Crippen LogP contribution in [0.3, 0.4) is 0 Å². The topological polar surface area (TPSA) is 83.8 Å². The number of para-hydroxylation sites is 1. The van der Waals surface area contributed by atoms with Crippen molar-refractivity contribution < 1.29 is 23.1 Å². The Morgan fingerprint density at radius 1 is 1.06 bits per heavy atom. The van der Waals surface area contributed by atoms with Crippen LogP contribution in [0.15, 0.2) is 77.2 Å². The van der Waals surface area contributed by atoms with Gasteiger partial charge >= 0.3 is 6.09 Å². The lowest BCUT2D eigenvalue weighted by atomic mass is 10.0. The van der Waals surface area contributed by atoms with Gasteiger partial charge in [0.1, 0.15) is 23.3 Å². The molecule has 2 heterocycles. The summed E-state index contributed by atoms with van der Waals surface area (Å²) in [6.45, 7) is 3.12. The van der Waals surface area contributed by atoms with Gasteiger partial charge in [-0.3, -0.25) is 9.69 Å². The predicted molar refractivity (Wildman–Crippen MR) is 135 cm³/mol. The highest BCUT2D eigenvalue weighted by Gasteiger charge is 2.32. The number of halogens is 1. The number of cyclic esters (lactones) is 1. The number of fused-ring (bicyclic) bond motifs is 1. The van der Waals surface area contributed by atoms with Crippen molar-refractivity contribution in [1.29, 1.82) is 0 Å².